The van der Waals surface area contributed by atoms with Crippen LogP contribution in [0, 0.1) is 0 Å². The number of anilines is 1. The Morgan fingerprint density at radius 2 is 1.90 bits per heavy atom. The van der Waals surface area contributed by atoms with E-state index < -0.39 is 0 Å². The summed E-state index contributed by atoms with van der Waals surface area (Å²) in [6.07, 6.45) is 7.73. The lowest BCUT2D eigenvalue weighted by molar-refractivity contribution is 0.417. The number of hydrogen-bond acceptors (Lipinski definition) is 1. The van der Waals surface area contributed by atoms with Crippen molar-refractivity contribution in [2.45, 2.75) is 44.4 Å². The highest BCUT2D eigenvalue weighted by atomic mass is 14.9. The summed E-state index contributed by atoms with van der Waals surface area (Å²) in [5, 5.41) is 3.50. The number of rotatable bonds is 3. The van der Waals surface area contributed by atoms with Gasteiger partial charge in [0.05, 0.1) is 0 Å². The van der Waals surface area contributed by atoms with Gasteiger partial charge in [0, 0.05) is 12.2 Å². The van der Waals surface area contributed by atoms with Crippen molar-refractivity contribution in [3.8, 4) is 0 Å². The Labute approximate surface area is 127 Å². The molecule has 0 bridgehead atoms. The van der Waals surface area contributed by atoms with Crippen molar-refractivity contribution in [1.82, 2.24) is 0 Å². The summed E-state index contributed by atoms with van der Waals surface area (Å²) >= 11 is 0. The van der Waals surface area contributed by atoms with Gasteiger partial charge in [-0.1, -0.05) is 42.8 Å². The van der Waals surface area contributed by atoms with E-state index in [-0.39, 0.29) is 0 Å². The number of nitrogens with one attached hydrogen (secondary N) is 1. The van der Waals surface area contributed by atoms with Crippen molar-refractivity contribution in [2.24, 2.45) is 0 Å². The van der Waals surface area contributed by atoms with Gasteiger partial charge in [-0.15, -0.1) is 0 Å². The van der Waals surface area contributed by atoms with E-state index in [1.54, 1.807) is 5.56 Å². The highest BCUT2D eigenvalue weighted by molar-refractivity contribution is 5.55. The predicted molar refractivity (Wildman–Crippen MR) is 89.1 cm³/mol. The van der Waals surface area contributed by atoms with Crippen LogP contribution in [0.3, 0.4) is 0 Å². The van der Waals surface area contributed by atoms with Gasteiger partial charge in [-0.3, -0.25) is 0 Å². The van der Waals surface area contributed by atoms with E-state index in [1.165, 1.54) is 54.5 Å². The van der Waals surface area contributed by atoms with Gasteiger partial charge in [-0.2, -0.15) is 0 Å². The van der Waals surface area contributed by atoms with Crippen LogP contribution in [0.1, 0.15) is 53.9 Å². The minimum atomic E-state index is 0.820. The molecule has 1 saturated carbocycles. The molecule has 0 saturated heterocycles. The van der Waals surface area contributed by atoms with Crippen molar-refractivity contribution in [3.05, 3.63) is 64.7 Å². The molecule has 0 spiro atoms. The fraction of sp³-hybridized carbons (Fsp3) is 0.400. The molecule has 0 amide bonds. The smallest absolute Gasteiger partial charge is 0.0372 e. The number of fused-ring (bicyclic) bond motifs is 1. The van der Waals surface area contributed by atoms with Crippen LogP contribution in [0.5, 0.6) is 0 Å². The lowest BCUT2D eigenvalue weighted by Crippen LogP contribution is -2.13. The zero-order chi connectivity index (χ0) is 14.1. The van der Waals surface area contributed by atoms with Gasteiger partial charge in [0.15, 0.2) is 0 Å². The topological polar surface area (TPSA) is 12.0 Å². The first-order valence-electron chi connectivity index (χ1n) is 8.33. The van der Waals surface area contributed by atoms with Gasteiger partial charge in [0.1, 0.15) is 0 Å². The minimum Gasteiger partial charge on any atom is -0.385 e. The van der Waals surface area contributed by atoms with Crippen LogP contribution in [-0.4, -0.2) is 6.54 Å². The molecule has 2 aromatic carbocycles. The number of hydrogen-bond donors (Lipinski definition) is 1. The maximum atomic E-state index is 3.50. The standard InChI is InChI=1S/C20H23N/c1-2-9-19(16-6-3-7-16)17(5-1)13-15-10-11-20-18(14-15)8-4-12-21-20/h1-2,5,9-11,14,16,21H,3-4,6-8,12-13H2. The lowest BCUT2D eigenvalue weighted by Gasteiger charge is -2.28. The minimum absolute atomic E-state index is 0.820. The highest BCUT2D eigenvalue weighted by Gasteiger charge is 2.21. The average Bonchev–Trinajstić information content (AvgIpc) is 2.47. The first-order chi connectivity index (χ1) is 10.4. The second-order valence-electron chi connectivity index (χ2n) is 6.53. The van der Waals surface area contributed by atoms with Gasteiger partial charge in [-0.05, 0) is 66.3 Å². The van der Waals surface area contributed by atoms with Crippen LogP contribution >= 0.6 is 0 Å². The first-order valence-corrected chi connectivity index (χ1v) is 8.33. The fourth-order valence-corrected chi connectivity index (χ4v) is 3.67. The molecule has 1 nitrogen and oxygen atoms in total. The van der Waals surface area contributed by atoms with Gasteiger partial charge in [0.2, 0.25) is 0 Å². The molecule has 1 heterocycles. The average molecular weight is 277 g/mol. The molecule has 1 N–H and O–H groups in total. The Bertz CT molecular complexity index is 640. The summed E-state index contributed by atoms with van der Waals surface area (Å²) in [6, 6.07) is 16.1. The molecule has 0 atom stereocenters. The van der Waals surface area contributed by atoms with Crippen LogP contribution in [-0.2, 0) is 12.8 Å². The molecule has 0 unspecified atom stereocenters. The molecule has 21 heavy (non-hydrogen) atoms. The Hall–Kier alpha value is -1.76. The van der Waals surface area contributed by atoms with E-state index in [0.29, 0.717) is 0 Å². The van der Waals surface area contributed by atoms with Gasteiger partial charge in [-0.25, -0.2) is 0 Å². The van der Waals surface area contributed by atoms with Crippen molar-refractivity contribution < 1.29 is 0 Å². The number of aryl methyl sites for hydroxylation is 1. The van der Waals surface area contributed by atoms with Crippen LogP contribution in [0.15, 0.2) is 42.5 Å². The Balaban J connectivity index is 1.61. The molecule has 0 radical (unpaired) electrons. The fourth-order valence-electron chi connectivity index (χ4n) is 3.67. The Kier molecular flexibility index (Phi) is 3.42. The summed E-state index contributed by atoms with van der Waals surface area (Å²) < 4.78 is 0. The van der Waals surface area contributed by atoms with E-state index in [0.717, 1.165) is 18.9 Å². The molecule has 2 aromatic rings. The third kappa shape index (κ3) is 2.57. The first kappa shape index (κ1) is 12.9. The summed E-state index contributed by atoms with van der Waals surface area (Å²) in [6.45, 7) is 1.12. The number of benzene rings is 2. The summed E-state index contributed by atoms with van der Waals surface area (Å²) in [5.41, 5.74) is 7.44. The van der Waals surface area contributed by atoms with E-state index in [2.05, 4.69) is 47.8 Å². The van der Waals surface area contributed by atoms with Crippen LogP contribution in [0.25, 0.3) is 0 Å². The molecular formula is C20H23N. The van der Waals surface area contributed by atoms with Crippen molar-refractivity contribution in [2.75, 3.05) is 11.9 Å². The zero-order valence-electron chi connectivity index (χ0n) is 12.6. The van der Waals surface area contributed by atoms with Crippen molar-refractivity contribution in [1.29, 1.82) is 0 Å². The largest absolute Gasteiger partial charge is 0.385 e. The summed E-state index contributed by atoms with van der Waals surface area (Å²) in [4.78, 5) is 0. The van der Waals surface area contributed by atoms with Crippen molar-refractivity contribution >= 4 is 5.69 Å². The molecule has 1 heteroatoms. The molecule has 2 aliphatic rings. The normalized spacial score (nSPS) is 17.7. The quantitative estimate of drug-likeness (QED) is 0.841. The SMILES string of the molecule is c1ccc(C2CCC2)c(Cc2ccc3c(c2)CCCN3)c1. The molecule has 1 fully saturated rings. The summed E-state index contributed by atoms with van der Waals surface area (Å²) in [7, 11) is 0. The maximum absolute atomic E-state index is 3.50. The molecule has 4 rings (SSSR count). The third-order valence-corrected chi connectivity index (χ3v) is 5.10. The molecule has 1 aliphatic carbocycles. The van der Waals surface area contributed by atoms with E-state index in [4.69, 9.17) is 0 Å². The highest BCUT2D eigenvalue weighted by Crippen LogP contribution is 2.38. The zero-order valence-corrected chi connectivity index (χ0v) is 12.6. The van der Waals surface area contributed by atoms with Crippen LogP contribution in [0.4, 0.5) is 5.69 Å². The van der Waals surface area contributed by atoms with Crippen molar-refractivity contribution in [3.63, 3.8) is 0 Å². The van der Waals surface area contributed by atoms with Crippen LogP contribution < -0.4 is 5.32 Å². The molecule has 1 aliphatic heterocycles. The molecule has 0 aromatic heterocycles. The Morgan fingerprint density at radius 3 is 2.76 bits per heavy atom. The van der Waals surface area contributed by atoms with E-state index in [1.807, 2.05) is 0 Å². The van der Waals surface area contributed by atoms with Crippen LogP contribution in [0.2, 0.25) is 0 Å². The molecular weight excluding hydrogens is 254 g/mol. The Morgan fingerprint density at radius 1 is 1.00 bits per heavy atom. The maximum Gasteiger partial charge on any atom is 0.0372 e. The monoisotopic (exact) mass is 277 g/mol. The molecule has 108 valence electrons. The van der Waals surface area contributed by atoms with Gasteiger partial charge >= 0.3 is 0 Å². The second-order valence-corrected chi connectivity index (χ2v) is 6.53. The summed E-state index contributed by atoms with van der Waals surface area (Å²) in [5.74, 6) is 0.820. The van der Waals surface area contributed by atoms with E-state index in [9.17, 15) is 0 Å². The second kappa shape index (κ2) is 5.55. The predicted octanol–water partition coefficient (Wildman–Crippen LogP) is 4.90. The lowest BCUT2D eigenvalue weighted by atomic mass is 9.77. The van der Waals surface area contributed by atoms with Gasteiger partial charge < -0.3 is 5.32 Å². The van der Waals surface area contributed by atoms with E-state index >= 15 is 0 Å². The van der Waals surface area contributed by atoms with Gasteiger partial charge in [0.25, 0.3) is 0 Å². The third-order valence-electron chi connectivity index (χ3n) is 5.10.